The number of aliphatic hydroxyl groups is 2. The van der Waals surface area contributed by atoms with Gasteiger partial charge in [0.15, 0.2) is 0 Å². The van der Waals surface area contributed by atoms with E-state index in [0.717, 1.165) is 57.8 Å². The fourth-order valence-electron chi connectivity index (χ4n) is 8.77. The Morgan fingerprint density at radius 3 is 2.39 bits per heavy atom. The van der Waals surface area contributed by atoms with Crippen LogP contribution in [0.1, 0.15) is 85.5 Å². The summed E-state index contributed by atoms with van der Waals surface area (Å²) in [6, 6.07) is 0. The lowest BCUT2D eigenvalue weighted by molar-refractivity contribution is -0.227. The zero-order chi connectivity index (χ0) is 22.6. The molecule has 3 unspecified atom stereocenters. The second-order valence-corrected chi connectivity index (χ2v) is 11.2. The molecule has 0 aromatic carbocycles. The van der Waals surface area contributed by atoms with E-state index in [1.807, 2.05) is 6.92 Å². The highest BCUT2D eigenvalue weighted by atomic mass is 16.5. The van der Waals surface area contributed by atoms with Gasteiger partial charge in [0.25, 0.3) is 0 Å². The van der Waals surface area contributed by atoms with Gasteiger partial charge >= 0.3 is 11.9 Å². The molecule has 176 valence electrons. The van der Waals surface area contributed by atoms with E-state index in [1.165, 1.54) is 13.8 Å². The first-order valence-corrected chi connectivity index (χ1v) is 12.2. The molecule has 4 aliphatic rings. The molecule has 4 fully saturated rings. The van der Waals surface area contributed by atoms with Crippen molar-refractivity contribution >= 4 is 11.9 Å². The van der Waals surface area contributed by atoms with Crippen molar-refractivity contribution in [3.8, 4) is 0 Å². The number of ether oxygens (including phenoxy) is 2. The first-order valence-electron chi connectivity index (χ1n) is 12.2. The third-order valence-corrected chi connectivity index (χ3v) is 10.1. The van der Waals surface area contributed by atoms with Gasteiger partial charge in [0.05, 0.1) is 5.60 Å². The largest absolute Gasteiger partial charge is 0.463 e. The standard InChI is InChI=1S/C25H40O6/c1-15(30-16(2)27)20-9-12-25(29)22-6-5-18-13-19(31-17(3)28)7-11-24(18,14-26)21(22)8-10-23(20,25)4/h15,18-22,26,29H,5-14H2,1-4H3/t15?,18?,19?,20-,21+,22-,23-,24-,25-/m1/s1. The topological polar surface area (TPSA) is 93.1 Å². The second kappa shape index (κ2) is 8.02. The summed E-state index contributed by atoms with van der Waals surface area (Å²) in [5.41, 5.74) is -1.24. The third-order valence-electron chi connectivity index (χ3n) is 10.1. The molecule has 4 rings (SSSR count). The summed E-state index contributed by atoms with van der Waals surface area (Å²) in [6.45, 7) is 7.24. The Balaban J connectivity index is 1.59. The lowest BCUT2D eigenvalue weighted by atomic mass is 9.43. The van der Waals surface area contributed by atoms with Crippen LogP contribution in [-0.4, -0.2) is 46.6 Å². The molecule has 0 bridgehead atoms. The van der Waals surface area contributed by atoms with Gasteiger partial charge < -0.3 is 19.7 Å². The number of hydrogen-bond acceptors (Lipinski definition) is 6. The highest BCUT2D eigenvalue weighted by molar-refractivity contribution is 5.66. The monoisotopic (exact) mass is 436 g/mol. The summed E-state index contributed by atoms with van der Waals surface area (Å²) in [5.74, 6) is 0.456. The van der Waals surface area contributed by atoms with Gasteiger partial charge in [-0.1, -0.05) is 6.92 Å². The molecular formula is C25H40O6. The van der Waals surface area contributed by atoms with Crippen molar-refractivity contribution in [3.05, 3.63) is 0 Å². The molecule has 0 aromatic heterocycles. The summed E-state index contributed by atoms with van der Waals surface area (Å²) >= 11 is 0. The molecule has 4 saturated carbocycles. The predicted octanol–water partition coefficient (Wildman–Crippen LogP) is 3.62. The highest BCUT2D eigenvalue weighted by Crippen LogP contribution is 2.69. The van der Waals surface area contributed by atoms with Crippen LogP contribution >= 0.6 is 0 Å². The van der Waals surface area contributed by atoms with E-state index in [-0.39, 0.29) is 59.3 Å². The van der Waals surface area contributed by atoms with Gasteiger partial charge in [-0.05, 0) is 87.9 Å². The van der Waals surface area contributed by atoms with E-state index >= 15 is 0 Å². The Labute approximate surface area is 186 Å². The Kier molecular flexibility index (Phi) is 5.96. The molecule has 0 saturated heterocycles. The lowest BCUT2D eigenvalue weighted by Gasteiger charge is -2.64. The van der Waals surface area contributed by atoms with E-state index in [9.17, 15) is 19.8 Å². The van der Waals surface area contributed by atoms with Crippen molar-refractivity contribution in [2.75, 3.05) is 6.61 Å². The quantitative estimate of drug-likeness (QED) is 0.654. The maximum Gasteiger partial charge on any atom is 0.302 e. The SMILES string of the molecule is CC(=O)OC1CC[C@@]2(CO)C(CC[C@@H]3[C@@H]2CC[C@]2(C)[C@@H](C(C)OC(C)=O)CC[C@@]32O)C1. The fourth-order valence-corrected chi connectivity index (χ4v) is 8.77. The van der Waals surface area contributed by atoms with Gasteiger partial charge in [-0.15, -0.1) is 0 Å². The molecule has 2 N–H and O–H groups in total. The average molecular weight is 437 g/mol. The van der Waals surface area contributed by atoms with Gasteiger partial charge in [-0.3, -0.25) is 9.59 Å². The first kappa shape index (κ1) is 23.0. The van der Waals surface area contributed by atoms with Crippen LogP contribution in [0.5, 0.6) is 0 Å². The summed E-state index contributed by atoms with van der Waals surface area (Å²) in [5, 5.41) is 22.9. The van der Waals surface area contributed by atoms with Gasteiger partial charge in [0.1, 0.15) is 12.2 Å². The van der Waals surface area contributed by atoms with Crippen molar-refractivity contribution in [2.24, 2.45) is 34.5 Å². The van der Waals surface area contributed by atoms with Crippen LogP contribution in [0.15, 0.2) is 0 Å². The zero-order valence-electron chi connectivity index (χ0n) is 19.6. The van der Waals surface area contributed by atoms with Gasteiger partial charge in [-0.2, -0.15) is 0 Å². The summed E-state index contributed by atoms with van der Waals surface area (Å²) in [7, 11) is 0. The van der Waals surface area contributed by atoms with E-state index in [2.05, 4.69) is 6.92 Å². The smallest absolute Gasteiger partial charge is 0.302 e. The van der Waals surface area contributed by atoms with E-state index in [4.69, 9.17) is 9.47 Å². The fraction of sp³-hybridized carbons (Fsp3) is 0.920. The average Bonchev–Trinajstić information content (AvgIpc) is 2.98. The summed E-state index contributed by atoms with van der Waals surface area (Å²) in [4.78, 5) is 23.0. The molecule has 6 heteroatoms. The Morgan fingerprint density at radius 2 is 1.74 bits per heavy atom. The number of esters is 2. The Bertz CT molecular complexity index is 723. The van der Waals surface area contributed by atoms with Crippen molar-refractivity contribution in [3.63, 3.8) is 0 Å². The molecule has 6 nitrogen and oxygen atoms in total. The number of aliphatic hydroxyl groups excluding tert-OH is 1. The van der Waals surface area contributed by atoms with Crippen LogP contribution in [0.25, 0.3) is 0 Å². The number of carbonyl (C=O) groups is 2. The number of rotatable bonds is 4. The summed E-state index contributed by atoms with van der Waals surface area (Å²) < 4.78 is 11.1. The third kappa shape index (κ3) is 3.43. The van der Waals surface area contributed by atoms with Crippen LogP contribution in [-0.2, 0) is 19.1 Å². The Morgan fingerprint density at radius 1 is 1.00 bits per heavy atom. The highest BCUT2D eigenvalue weighted by Gasteiger charge is 2.68. The summed E-state index contributed by atoms with van der Waals surface area (Å²) in [6.07, 6.45) is 7.63. The first-order chi connectivity index (χ1) is 14.6. The van der Waals surface area contributed by atoms with E-state index in [1.54, 1.807) is 0 Å². The zero-order valence-corrected chi connectivity index (χ0v) is 19.6. The number of fused-ring (bicyclic) bond motifs is 5. The van der Waals surface area contributed by atoms with E-state index in [0.29, 0.717) is 5.92 Å². The molecule has 0 spiro atoms. The maximum atomic E-state index is 12.2. The minimum absolute atomic E-state index is 0.0453. The van der Waals surface area contributed by atoms with Crippen molar-refractivity contribution < 1.29 is 29.3 Å². The van der Waals surface area contributed by atoms with E-state index < -0.39 is 5.60 Å². The minimum atomic E-state index is -0.783. The molecule has 0 aromatic rings. The van der Waals surface area contributed by atoms with Crippen LogP contribution in [0.3, 0.4) is 0 Å². The normalized spacial score (nSPS) is 47.5. The molecule has 9 atom stereocenters. The molecule has 0 heterocycles. The van der Waals surface area contributed by atoms with Gasteiger partial charge in [-0.25, -0.2) is 0 Å². The van der Waals surface area contributed by atoms with Crippen molar-refractivity contribution in [1.82, 2.24) is 0 Å². The van der Waals surface area contributed by atoms with Crippen LogP contribution < -0.4 is 0 Å². The van der Waals surface area contributed by atoms with Gasteiger partial charge in [0.2, 0.25) is 0 Å². The Hall–Kier alpha value is -1.14. The predicted molar refractivity (Wildman–Crippen MR) is 115 cm³/mol. The second-order valence-electron chi connectivity index (χ2n) is 11.2. The molecule has 0 aliphatic heterocycles. The maximum absolute atomic E-state index is 12.2. The van der Waals surface area contributed by atoms with Crippen molar-refractivity contribution in [1.29, 1.82) is 0 Å². The molecule has 31 heavy (non-hydrogen) atoms. The molecule has 4 aliphatic carbocycles. The van der Waals surface area contributed by atoms with Gasteiger partial charge in [0, 0.05) is 31.8 Å². The minimum Gasteiger partial charge on any atom is -0.463 e. The van der Waals surface area contributed by atoms with Crippen LogP contribution in [0, 0.1) is 34.5 Å². The number of hydrogen-bond donors (Lipinski definition) is 2. The molecule has 0 radical (unpaired) electrons. The lowest BCUT2D eigenvalue weighted by Crippen LogP contribution is -2.64. The number of carbonyl (C=O) groups excluding carboxylic acids is 2. The molecule has 0 amide bonds. The van der Waals surface area contributed by atoms with Crippen molar-refractivity contribution in [2.45, 2.75) is 103 Å². The van der Waals surface area contributed by atoms with Crippen LogP contribution in [0.2, 0.25) is 0 Å². The van der Waals surface area contributed by atoms with Crippen LogP contribution in [0.4, 0.5) is 0 Å². The molecular weight excluding hydrogens is 396 g/mol.